The van der Waals surface area contributed by atoms with Crippen LogP contribution in [0.3, 0.4) is 0 Å². The molecule has 0 unspecified atom stereocenters. The van der Waals surface area contributed by atoms with Crippen molar-refractivity contribution >= 4 is 0 Å². The van der Waals surface area contributed by atoms with E-state index in [0.717, 1.165) is 6.42 Å². The van der Waals surface area contributed by atoms with Crippen molar-refractivity contribution in [3.05, 3.63) is 0 Å². The van der Waals surface area contributed by atoms with Crippen LogP contribution in [0.25, 0.3) is 0 Å². The summed E-state index contributed by atoms with van der Waals surface area (Å²) in [6.45, 7) is 3.99. The van der Waals surface area contributed by atoms with E-state index in [0.29, 0.717) is 0 Å². The van der Waals surface area contributed by atoms with Gasteiger partial charge in [-0.05, 0) is 13.3 Å². The summed E-state index contributed by atoms with van der Waals surface area (Å²) in [5.74, 6) is 0. The molecule has 1 saturated heterocycles. The van der Waals surface area contributed by atoms with E-state index in [4.69, 9.17) is 14.9 Å². The van der Waals surface area contributed by atoms with E-state index >= 15 is 0 Å². The van der Waals surface area contributed by atoms with E-state index in [2.05, 4.69) is 0 Å². The van der Waals surface area contributed by atoms with Gasteiger partial charge in [0.05, 0.1) is 25.4 Å². The topological polar surface area (TPSA) is 49.7 Å². The second-order valence-corrected chi connectivity index (χ2v) is 3.63. The summed E-state index contributed by atoms with van der Waals surface area (Å²) in [6, 6.07) is 0. The van der Waals surface area contributed by atoms with E-state index in [1.54, 1.807) is 0 Å². The fourth-order valence-corrected chi connectivity index (χ4v) is 1.71. The molecule has 0 aliphatic carbocycles. The van der Waals surface area contributed by atoms with Crippen molar-refractivity contribution in [2.45, 2.75) is 32.5 Å². The maximum absolute atomic E-state index is 9.05. The highest BCUT2D eigenvalue weighted by molar-refractivity contribution is 4.90. The highest BCUT2D eigenvalue weighted by atomic mass is 16.5. The smallest absolute Gasteiger partial charge is 0.0885 e. The molecule has 0 spiro atoms. The van der Waals surface area contributed by atoms with Gasteiger partial charge in [-0.1, -0.05) is 6.92 Å². The average Bonchev–Trinajstić information content (AvgIpc) is 2.27. The molecule has 66 valence electrons. The lowest BCUT2D eigenvalue weighted by Crippen LogP contribution is -2.34. The predicted octanol–water partition coefficient (Wildman–Crippen LogP) is 0.155. The number of ether oxygens (including phenoxy) is 1. The molecule has 0 radical (unpaired) electrons. The zero-order chi connectivity index (χ0) is 8.48. The van der Waals surface area contributed by atoms with Crippen LogP contribution in [-0.2, 0) is 4.74 Å². The van der Waals surface area contributed by atoms with E-state index in [-0.39, 0.29) is 30.8 Å². The van der Waals surface area contributed by atoms with Crippen molar-refractivity contribution in [3.63, 3.8) is 0 Å². The van der Waals surface area contributed by atoms with Gasteiger partial charge < -0.3 is 14.9 Å². The first-order valence-corrected chi connectivity index (χ1v) is 3.99. The summed E-state index contributed by atoms with van der Waals surface area (Å²) >= 11 is 0. The lowest BCUT2D eigenvalue weighted by atomic mass is 9.83. The van der Waals surface area contributed by atoms with Crippen LogP contribution in [0.4, 0.5) is 0 Å². The molecule has 0 aromatic carbocycles. The van der Waals surface area contributed by atoms with Crippen molar-refractivity contribution in [2.24, 2.45) is 5.41 Å². The Morgan fingerprint density at radius 2 is 2.18 bits per heavy atom. The molecule has 3 atom stereocenters. The molecule has 0 saturated carbocycles. The Hall–Kier alpha value is -0.120. The Morgan fingerprint density at radius 3 is 2.55 bits per heavy atom. The zero-order valence-corrected chi connectivity index (χ0v) is 7.08. The molecule has 3 heteroatoms. The van der Waals surface area contributed by atoms with Gasteiger partial charge in [-0.2, -0.15) is 0 Å². The molecule has 3 nitrogen and oxygen atoms in total. The zero-order valence-electron chi connectivity index (χ0n) is 7.08. The van der Waals surface area contributed by atoms with Gasteiger partial charge >= 0.3 is 0 Å². The summed E-state index contributed by atoms with van der Waals surface area (Å²) in [5, 5.41) is 18.0. The fraction of sp³-hybridized carbons (Fsp3) is 1.00. The number of aliphatic hydroxyl groups is 2. The number of hydrogen-bond donors (Lipinski definition) is 2. The third-order valence-corrected chi connectivity index (χ3v) is 2.45. The highest BCUT2D eigenvalue weighted by Gasteiger charge is 2.42. The molecule has 11 heavy (non-hydrogen) atoms. The molecule has 0 aromatic heterocycles. The number of rotatable bonds is 2. The monoisotopic (exact) mass is 160 g/mol. The van der Waals surface area contributed by atoms with Crippen LogP contribution in [-0.4, -0.2) is 35.6 Å². The Balaban J connectivity index is 2.63. The van der Waals surface area contributed by atoms with Gasteiger partial charge in [-0.25, -0.2) is 0 Å². The normalized spacial score (nSPS) is 44.7. The number of aliphatic hydroxyl groups excluding tert-OH is 2. The van der Waals surface area contributed by atoms with Gasteiger partial charge in [0.2, 0.25) is 0 Å². The van der Waals surface area contributed by atoms with Crippen molar-refractivity contribution in [3.8, 4) is 0 Å². The van der Waals surface area contributed by atoms with Gasteiger partial charge in [0.15, 0.2) is 0 Å². The van der Waals surface area contributed by atoms with Gasteiger partial charge in [0, 0.05) is 5.41 Å². The molecule has 1 rings (SSSR count). The SMILES string of the molecule is C[C@H]1C[C@@](C)(CO)[C@@H](CO)O1. The third kappa shape index (κ3) is 1.55. The van der Waals surface area contributed by atoms with E-state index in [1.807, 2.05) is 13.8 Å². The van der Waals surface area contributed by atoms with Gasteiger partial charge in [-0.3, -0.25) is 0 Å². The Bertz CT molecular complexity index is 137. The molecule has 0 aromatic rings. The summed E-state index contributed by atoms with van der Waals surface area (Å²) in [6.07, 6.45) is 0.793. The molecule has 2 N–H and O–H groups in total. The van der Waals surface area contributed by atoms with Crippen LogP contribution in [0.15, 0.2) is 0 Å². The van der Waals surface area contributed by atoms with E-state index < -0.39 is 0 Å². The summed E-state index contributed by atoms with van der Waals surface area (Å²) in [4.78, 5) is 0. The first kappa shape index (κ1) is 8.97. The van der Waals surface area contributed by atoms with Crippen molar-refractivity contribution in [2.75, 3.05) is 13.2 Å². The van der Waals surface area contributed by atoms with Crippen molar-refractivity contribution in [1.82, 2.24) is 0 Å². The van der Waals surface area contributed by atoms with Gasteiger partial charge in [-0.15, -0.1) is 0 Å². The second-order valence-electron chi connectivity index (χ2n) is 3.63. The first-order chi connectivity index (χ1) is 5.12. The third-order valence-electron chi connectivity index (χ3n) is 2.45. The quantitative estimate of drug-likeness (QED) is 0.604. The second kappa shape index (κ2) is 3.09. The lowest BCUT2D eigenvalue weighted by Gasteiger charge is -2.25. The van der Waals surface area contributed by atoms with Crippen LogP contribution in [0.2, 0.25) is 0 Å². The predicted molar refractivity (Wildman–Crippen MR) is 41.2 cm³/mol. The summed E-state index contributed by atoms with van der Waals surface area (Å²) in [7, 11) is 0. The first-order valence-electron chi connectivity index (χ1n) is 3.99. The minimum absolute atomic E-state index is 0.00139. The maximum atomic E-state index is 9.05. The molecular weight excluding hydrogens is 144 g/mol. The van der Waals surface area contributed by atoms with Crippen molar-refractivity contribution in [1.29, 1.82) is 0 Å². The van der Waals surface area contributed by atoms with Crippen LogP contribution in [0, 0.1) is 5.41 Å². The van der Waals surface area contributed by atoms with Gasteiger partial charge in [0.25, 0.3) is 0 Å². The Kier molecular flexibility index (Phi) is 2.52. The van der Waals surface area contributed by atoms with E-state index in [1.165, 1.54) is 0 Å². The molecule has 0 amide bonds. The lowest BCUT2D eigenvalue weighted by molar-refractivity contribution is -0.0291. The molecule has 0 bridgehead atoms. The molecule has 1 heterocycles. The number of hydrogen-bond acceptors (Lipinski definition) is 3. The summed E-state index contributed by atoms with van der Waals surface area (Å²) in [5.41, 5.74) is -0.242. The van der Waals surface area contributed by atoms with Crippen LogP contribution >= 0.6 is 0 Å². The van der Waals surface area contributed by atoms with Crippen molar-refractivity contribution < 1.29 is 14.9 Å². The van der Waals surface area contributed by atoms with Gasteiger partial charge in [0.1, 0.15) is 0 Å². The van der Waals surface area contributed by atoms with Crippen LogP contribution < -0.4 is 0 Å². The van der Waals surface area contributed by atoms with Crippen LogP contribution in [0.1, 0.15) is 20.3 Å². The largest absolute Gasteiger partial charge is 0.396 e. The standard InChI is InChI=1S/C8H16O3/c1-6-3-8(2,5-10)7(4-9)11-6/h6-7,9-10H,3-5H2,1-2H3/t6-,7+,8-/m0/s1. The van der Waals surface area contributed by atoms with E-state index in [9.17, 15) is 0 Å². The molecule has 1 aliphatic rings. The fourth-order valence-electron chi connectivity index (χ4n) is 1.71. The molecule has 1 aliphatic heterocycles. The summed E-state index contributed by atoms with van der Waals surface area (Å²) < 4.78 is 5.41. The Morgan fingerprint density at radius 1 is 1.55 bits per heavy atom. The molecular formula is C8H16O3. The molecule has 1 fully saturated rings. The van der Waals surface area contributed by atoms with Crippen LogP contribution in [0.5, 0.6) is 0 Å². The maximum Gasteiger partial charge on any atom is 0.0885 e. The average molecular weight is 160 g/mol. The minimum Gasteiger partial charge on any atom is -0.396 e. The Labute approximate surface area is 67.0 Å². The highest BCUT2D eigenvalue weighted by Crippen LogP contribution is 2.37. The minimum atomic E-state index is -0.242.